The van der Waals surface area contributed by atoms with Crippen LogP contribution in [0.5, 0.6) is 0 Å². The monoisotopic (exact) mass is 293 g/mol. The summed E-state index contributed by atoms with van der Waals surface area (Å²) in [5.74, 6) is 0. The molecule has 1 saturated heterocycles. The maximum atomic E-state index is 10.3. The van der Waals surface area contributed by atoms with Gasteiger partial charge in [-0.05, 0) is 48.7 Å². The fraction of sp³-hybridized carbons (Fsp3) is 0.467. The highest BCUT2D eigenvalue weighted by atomic mass is 32.1. The highest BCUT2D eigenvalue weighted by Crippen LogP contribution is 2.30. The highest BCUT2D eigenvalue weighted by Gasteiger charge is 2.27. The zero-order valence-electron chi connectivity index (χ0n) is 10.9. The molecule has 0 aliphatic carbocycles. The van der Waals surface area contributed by atoms with E-state index >= 15 is 0 Å². The van der Waals surface area contributed by atoms with E-state index in [1.807, 2.05) is 28.8 Å². The molecule has 2 nitrogen and oxygen atoms in total. The first-order chi connectivity index (χ1) is 9.33. The number of aliphatic hydroxyl groups excluding tert-OH is 1. The summed E-state index contributed by atoms with van der Waals surface area (Å²) >= 11 is 3.48. The van der Waals surface area contributed by atoms with E-state index in [1.165, 1.54) is 24.3 Å². The molecule has 102 valence electrons. The first-order valence-electron chi connectivity index (χ1n) is 6.81. The Morgan fingerprint density at radius 3 is 2.84 bits per heavy atom. The molecule has 1 aliphatic rings. The van der Waals surface area contributed by atoms with Crippen molar-refractivity contribution in [2.45, 2.75) is 38.0 Å². The Kier molecular flexibility index (Phi) is 4.33. The van der Waals surface area contributed by atoms with Gasteiger partial charge in [-0.3, -0.25) is 4.90 Å². The zero-order valence-corrected chi connectivity index (χ0v) is 12.5. The summed E-state index contributed by atoms with van der Waals surface area (Å²) in [7, 11) is 0. The van der Waals surface area contributed by atoms with E-state index in [0.717, 1.165) is 17.8 Å². The van der Waals surface area contributed by atoms with Gasteiger partial charge in [0.25, 0.3) is 0 Å². The number of nitrogens with zero attached hydrogens (tertiary/aromatic N) is 1. The number of aliphatic hydroxyl groups is 1. The second-order valence-electron chi connectivity index (χ2n) is 5.11. The van der Waals surface area contributed by atoms with Crippen LogP contribution < -0.4 is 0 Å². The van der Waals surface area contributed by atoms with Crippen molar-refractivity contribution in [1.29, 1.82) is 0 Å². The second-order valence-corrected chi connectivity index (χ2v) is 7.12. The lowest BCUT2D eigenvalue weighted by Crippen LogP contribution is -2.30. The number of hydrogen-bond donors (Lipinski definition) is 1. The van der Waals surface area contributed by atoms with Crippen molar-refractivity contribution in [1.82, 2.24) is 4.90 Å². The average molecular weight is 293 g/mol. The molecule has 3 heterocycles. The van der Waals surface area contributed by atoms with Crippen LogP contribution in [0.1, 0.15) is 35.1 Å². The lowest BCUT2D eigenvalue weighted by molar-refractivity contribution is 0.121. The van der Waals surface area contributed by atoms with Crippen LogP contribution >= 0.6 is 22.7 Å². The first kappa shape index (κ1) is 13.3. The van der Waals surface area contributed by atoms with E-state index in [9.17, 15) is 5.11 Å². The minimum Gasteiger partial charge on any atom is -0.388 e. The van der Waals surface area contributed by atoms with E-state index in [2.05, 4.69) is 22.4 Å². The maximum absolute atomic E-state index is 10.3. The Bertz CT molecular complexity index is 480. The summed E-state index contributed by atoms with van der Waals surface area (Å²) in [6.45, 7) is 2.21. The SMILES string of the molecule is OC(CC1CCCN1Cc1cccs1)c1cccs1. The number of rotatable bonds is 5. The second kappa shape index (κ2) is 6.18. The van der Waals surface area contributed by atoms with Gasteiger partial charge in [-0.25, -0.2) is 0 Å². The van der Waals surface area contributed by atoms with Crippen molar-refractivity contribution in [2.75, 3.05) is 6.54 Å². The van der Waals surface area contributed by atoms with Crippen molar-refractivity contribution < 1.29 is 5.11 Å². The fourth-order valence-corrected chi connectivity index (χ4v) is 4.28. The number of hydrogen-bond acceptors (Lipinski definition) is 4. The molecule has 1 fully saturated rings. The molecule has 1 N–H and O–H groups in total. The lowest BCUT2D eigenvalue weighted by Gasteiger charge is -2.25. The molecular formula is C15H19NOS2. The van der Waals surface area contributed by atoms with Crippen LogP contribution in [0.2, 0.25) is 0 Å². The maximum Gasteiger partial charge on any atom is 0.0896 e. The molecule has 19 heavy (non-hydrogen) atoms. The van der Waals surface area contributed by atoms with Gasteiger partial charge in [0.1, 0.15) is 0 Å². The Balaban J connectivity index is 1.60. The van der Waals surface area contributed by atoms with Crippen LogP contribution in [0.25, 0.3) is 0 Å². The van der Waals surface area contributed by atoms with Crippen molar-refractivity contribution >= 4 is 22.7 Å². The van der Waals surface area contributed by atoms with Gasteiger partial charge in [-0.2, -0.15) is 0 Å². The van der Waals surface area contributed by atoms with Gasteiger partial charge in [0.2, 0.25) is 0 Å². The molecule has 0 aromatic carbocycles. The molecule has 2 aromatic heterocycles. The summed E-state index contributed by atoms with van der Waals surface area (Å²) < 4.78 is 0. The third kappa shape index (κ3) is 3.26. The predicted octanol–water partition coefficient (Wildman–Crippen LogP) is 3.90. The summed E-state index contributed by atoms with van der Waals surface area (Å²) in [4.78, 5) is 5.06. The van der Waals surface area contributed by atoms with Gasteiger partial charge >= 0.3 is 0 Å². The van der Waals surface area contributed by atoms with Gasteiger partial charge in [0.15, 0.2) is 0 Å². The van der Waals surface area contributed by atoms with Crippen LogP contribution in [0.3, 0.4) is 0 Å². The molecule has 0 spiro atoms. The van der Waals surface area contributed by atoms with E-state index in [-0.39, 0.29) is 6.10 Å². The number of likely N-dealkylation sites (tertiary alicyclic amines) is 1. The molecule has 0 radical (unpaired) electrons. The molecule has 1 aliphatic heterocycles. The van der Waals surface area contributed by atoms with E-state index < -0.39 is 0 Å². The van der Waals surface area contributed by atoms with E-state index in [0.29, 0.717) is 6.04 Å². The van der Waals surface area contributed by atoms with Gasteiger partial charge < -0.3 is 5.11 Å². The van der Waals surface area contributed by atoms with Crippen molar-refractivity contribution in [3.05, 3.63) is 44.8 Å². The summed E-state index contributed by atoms with van der Waals surface area (Å²) in [6, 6.07) is 8.90. The smallest absolute Gasteiger partial charge is 0.0896 e. The van der Waals surface area contributed by atoms with Crippen molar-refractivity contribution in [2.24, 2.45) is 0 Å². The minimum atomic E-state index is -0.297. The quantitative estimate of drug-likeness (QED) is 0.904. The minimum absolute atomic E-state index is 0.297. The van der Waals surface area contributed by atoms with E-state index in [4.69, 9.17) is 0 Å². The molecule has 2 unspecified atom stereocenters. The third-order valence-corrected chi connectivity index (χ3v) is 5.64. The van der Waals surface area contributed by atoms with Crippen molar-refractivity contribution in [3.8, 4) is 0 Å². The Hall–Kier alpha value is -0.680. The molecule has 0 amide bonds. The zero-order chi connectivity index (χ0) is 13.1. The van der Waals surface area contributed by atoms with E-state index in [1.54, 1.807) is 11.3 Å². The topological polar surface area (TPSA) is 23.5 Å². The van der Waals surface area contributed by atoms with Gasteiger partial charge in [0.05, 0.1) is 6.10 Å². The average Bonchev–Trinajstić information content (AvgIpc) is 3.12. The molecule has 3 rings (SSSR count). The van der Waals surface area contributed by atoms with Crippen LogP contribution in [0.15, 0.2) is 35.0 Å². The predicted molar refractivity (Wildman–Crippen MR) is 81.6 cm³/mol. The van der Waals surface area contributed by atoms with Crippen LogP contribution in [0, 0.1) is 0 Å². The van der Waals surface area contributed by atoms with Gasteiger partial charge in [-0.1, -0.05) is 12.1 Å². The van der Waals surface area contributed by atoms with Crippen LogP contribution in [-0.2, 0) is 6.54 Å². The van der Waals surface area contributed by atoms with Crippen LogP contribution in [-0.4, -0.2) is 22.6 Å². The fourth-order valence-electron chi connectivity index (χ4n) is 2.83. The number of thiophene rings is 2. The Morgan fingerprint density at radius 2 is 2.11 bits per heavy atom. The first-order valence-corrected chi connectivity index (χ1v) is 8.57. The molecule has 0 saturated carbocycles. The van der Waals surface area contributed by atoms with Crippen molar-refractivity contribution in [3.63, 3.8) is 0 Å². The summed E-state index contributed by atoms with van der Waals surface area (Å²) in [5, 5.41) is 14.5. The molecule has 0 bridgehead atoms. The molecule has 2 aromatic rings. The lowest BCUT2D eigenvalue weighted by atomic mass is 10.1. The highest BCUT2D eigenvalue weighted by molar-refractivity contribution is 7.10. The van der Waals surface area contributed by atoms with Gasteiger partial charge in [-0.15, -0.1) is 22.7 Å². The normalized spacial score (nSPS) is 21.8. The van der Waals surface area contributed by atoms with Gasteiger partial charge in [0, 0.05) is 22.3 Å². The largest absolute Gasteiger partial charge is 0.388 e. The Morgan fingerprint density at radius 1 is 1.26 bits per heavy atom. The summed E-state index contributed by atoms with van der Waals surface area (Å²) in [6.07, 6.45) is 3.04. The van der Waals surface area contributed by atoms with Crippen LogP contribution in [0.4, 0.5) is 0 Å². The molecule has 4 heteroatoms. The molecule has 2 atom stereocenters. The summed E-state index contributed by atoms with van der Waals surface area (Å²) in [5.41, 5.74) is 0. The Labute approximate surface area is 122 Å². The standard InChI is InChI=1S/C15H19NOS2/c17-14(15-6-3-9-19-15)10-12-4-1-7-16(12)11-13-5-2-8-18-13/h2-3,5-6,8-9,12,14,17H,1,4,7,10-11H2. The molecular weight excluding hydrogens is 274 g/mol. The third-order valence-electron chi connectivity index (χ3n) is 3.81.